The van der Waals surface area contributed by atoms with E-state index in [2.05, 4.69) is 9.72 Å². The van der Waals surface area contributed by atoms with Crippen LogP contribution in [0, 0.1) is 0 Å². The average Bonchev–Trinajstić information content (AvgIpc) is 2.26. The van der Waals surface area contributed by atoms with Crippen molar-refractivity contribution in [2.75, 3.05) is 13.7 Å². The van der Waals surface area contributed by atoms with E-state index >= 15 is 0 Å². The molecule has 1 aromatic heterocycles. The highest BCUT2D eigenvalue weighted by Gasteiger charge is 2.05. The summed E-state index contributed by atoms with van der Waals surface area (Å²) in [7, 11) is 1.25. The molecule has 1 aromatic rings. The van der Waals surface area contributed by atoms with E-state index < -0.39 is 11.9 Å². The number of esters is 1. The second-order valence-electron chi connectivity index (χ2n) is 2.55. The van der Waals surface area contributed by atoms with E-state index in [1.165, 1.54) is 25.4 Å². The summed E-state index contributed by atoms with van der Waals surface area (Å²) in [6, 6.07) is 2.70. The molecule has 6 nitrogen and oxygen atoms in total. The molecule has 1 rings (SSSR count). The van der Waals surface area contributed by atoms with E-state index in [-0.39, 0.29) is 12.3 Å². The molecule has 80 valence electrons. The van der Waals surface area contributed by atoms with E-state index in [0.717, 1.165) is 0 Å². The molecule has 0 amide bonds. The number of rotatable bonds is 4. The van der Waals surface area contributed by atoms with Crippen molar-refractivity contribution < 1.29 is 24.2 Å². The summed E-state index contributed by atoms with van der Waals surface area (Å²) in [4.78, 5) is 24.8. The van der Waals surface area contributed by atoms with E-state index in [9.17, 15) is 9.59 Å². The molecule has 0 radical (unpaired) electrons. The topological polar surface area (TPSA) is 85.7 Å². The number of aromatic nitrogens is 1. The van der Waals surface area contributed by atoms with Gasteiger partial charge in [0.2, 0.25) is 0 Å². The van der Waals surface area contributed by atoms with Gasteiger partial charge in [-0.1, -0.05) is 0 Å². The number of carboxylic acids is 1. The third-order valence-corrected chi connectivity index (χ3v) is 1.54. The quantitative estimate of drug-likeness (QED) is 0.722. The van der Waals surface area contributed by atoms with Gasteiger partial charge in [0, 0.05) is 0 Å². The standard InChI is InChI=1S/C9H9NO5/c1-14-8(11)5-15-6-2-3-7(9(12)13)10-4-6/h2-4H,5H2,1H3,(H,12,13). The van der Waals surface area contributed by atoms with E-state index in [0.29, 0.717) is 5.75 Å². The van der Waals surface area contributed by atoms with Crippen molar-refractivity contribution in [3.63, 3.8) is 0 Å². The summed E-state index contributed by atoms with van der Waals surface area (Å²) in [5, 5.41) is 8.55. The maximum Gasteiger partial charge on any atom is 0.354 e. The Labute approximate surface area is 85.5 Å². The van der Waals surface area contributed by atoms with Crippen LogP contribution in [0.2, 0.25) is 0 Å². The van der Waals surface area contributed by atoms with Crippen LogP contribution in [0.1, 0.15) is 10.5 Å². The van der Waals surface area contributed by atoms with Gasteiger partial charge in [-0.15, -0.1) is 0 Å². The predicted molar refractivity (Wildman–Crippen MR) is 48.7 cm³/mol. The largest absolute Gasteiger partial charge is 0.480 e. The van der Waals surface area contributed by atoms with Crippen LogP contribution in [0.25, 0.3) is 0 Å². The first-order valence-corrected chi connectivity index (χ1v) is 4.02. The first-order chi connectivity index (χ1) is 7.13. The highest BCUT2D eigenvalue weighted by Crippen LogP contribution is 2.08. The molecule has 0 unspecified atom stereocenters. The van der Waals surface area contributed by atoms with Crippen LogP contribution in [-0.4, -0.2) is 35.7 Å². The van der Waals surface area contributed by atoms with Gasteiger partial charge in [0.25, 0.3) is 0 Å². The Hall–Kier alpha value is -2.11. The Morgan fingerprint density at radius 1 is 1.47 bits per heavy atom. The van der Waals surface area contributed by atoms with Gasteiger partial charge in [-0.25, -0.2) is 14.6 Å². The lowest BCUT2D eigenvalue weighted by molar-refractivity contribution is -0.142. The van der Waals surface area contributed by atoms with Crippen molar-refractivity contribution in [3.05, 3.63) is 24.0 Å². The fourth-order valence-electron chi connectivity index (χ4n) is 0.793. The molecule has 0 aliphatic heterocycles. The number of carbonyl (C=O) groups excluding carboxylic acids is 1. The molecule has 0 aliphatic rings. The fourth-order valence-corrected chi connectivity index (χ4v) is 0.793. The smallest absolute Gasteiger partial charge is 0.354 e. The Morgan fingerprint density at radius 3 is 2.67 bits per heavy atom. The van der Waals surface area contributed by atoms with Crippen LogP contribution in [0.15, 0.2) is 18.3 Å². The Kier molecular flexibility index (Phi) is 3.61. The molecule has 6 heteroatoms. The molecule has 0 atom stereocenters. The van der Waals surface area contributed by atoms with Crippen LogP contribution in [0.3, 0.4) is 0 Å². The second-order valence-corrected chi connectivity index (χ2v) is 2.55. The predicted octanol–water partition coefficient (Wildman–Crippen LogP) is 0.332. The number of methoxy groups -OCH3 is 1. The number of hydrogen-bond acceptors (Lipinski definition) is 5. The molecule has 0 saturated heterocycles. The van der Waals surface area contributed by atoms with Crippen molar-refractivity contribution in [2.24, 2.45) is 0 Å². The molecule has 0 saturated carbocycles. The van der Waals surface area contributed by atoms with Crippen LogP contribution >= 0.6 is 0 Å². The third kappa shape index (κ3) is 3.26. The van der Waals surface area contributed by atoms with Gasteiger partial charge in [-0.05, 0) is 12.1 Å². The summed E-state index contributed by atoms with van der Waals surface area (Å²) in [5.41, 5.74) is -0.0829. The summed E-state index contributed by atoms with van der Waals surface area (Å²) in [6.45, 7) is -0.232. The molecule has 1 N–H and O–H groups in total. The molecule has 0 fully saturated rings. The Balaban J connectivity index is 2.57. The monoisotopic (exact) mass is 211 g/mol. The van der Waals surface area contributed by atoms with Crippen LogP contribution in [-0.2, 0) is 9.53 Å². The number of aromatic carboxylic acids is 1. The van der Waals surface area contributed by atoms with Crippen LogP contribution < -0.4 is 4.74 Å². The lowest BCUT2D eigenvalue weighted by atomic mass is 10.3. The summed E-state index contributed by atoms with van der Waals surface area (Å²) >= 11 is 0. The number of carbonyl (C=O) groups is 2. The van der Waals surface area contributed by atoms with Crippen molar-refractivity contribution >= 4 is 11.9 Å². The highest BCUT2D eigenvalue weighted by molar-refractivity contribution is 5.85. The van der Waals surface area contributed by atoms with Crippen molar-refractivity contribution in [1.82, 2.24) is 4.98 Å². The zero-order valence-corrected chi connectivity index (χ0v) is 7.97. The molecular formula is C9H9NO5. The first-order valence-electron chi connectivity index (χ1n) is 4.02. The lowest BCUT2D eigenvalue weighted by Gasteiger charge is -2.03. The SMILES string of the molecule is COC(=O)COc1ccc(C(=O)O)nc1. The minimum absolute atomic E-state index is 0.0829. The molecule has 0 aliphatic carbocycles. The van der Waals surface area contributed by atoms with E-state index in [1.807, 2.05) is 0 Å². The normalized spacial score (nSPS) is 9.40. The number of hydrogen-bond donors (Lipinski definition) is 1. The maximum atomic E-state index is 10.7. The summed E-state index contributed by atoms with van der Waals surface area (Å²) in [6.07, 6.45) is 1.23. The minimum Gasteiger partial charge on any atom is -0.480 e. The number of nitrogens with zero attached hydrogens (tertiary/aromatic N) is 1. The average molecular weight is 211 g/mol. The number of ether oxygens (including phenoxy) is 2. The van der Waals surface area contributed by atoms with Gasteiger partial charge in [-0.2, -0.15) is 0 Å². The maximum absolute atomic E-state index is 10.7. The summed E-state index contributed by atoms with van der Waals surface area (Å²) in [5.74, 6) is -1.32. The van der Waals surface area contributed by atoms with Gasteiger partial charge in [0.15, 0.2) is 6.61 Å². The van der Waals surface area contributed by atoms with Gasteiger partial charge < -0.3 is 14.6 Å². The molecule has 1 heterocycles. The van der Waals surface area contributed by atoms with Gasteiger partial charge >= 0.3 is 11.9 Å². The molecule has 0 bridgehead atoms. The molecule has 15 heavy (non-hydrogen) atoms. The zero-order chi connectivity index (χ0) is 11.3. The van der Waals surface area contributed by atoms with Gasteiger partial charge in [-0.3, -0.25) is 0 Å². The molecule has 0 spiro atoms. The van der Waals surface area contributed by atoms with Crippen LogP contribution in [0.5, 0.6) is 5.75 Å². The summed E-state index contributed by atoms with van der Waals surface area (Å²) < 4.78 is 9.32. The van der Waals surface area contributed by atoms with E-state index in [1.54, 1.807) is 0 Å². The second kappa shape index (κ2) is 4.94. The van der Waals surface area contributed by atoms with Crippen molar-refractivity contribution in [1.29, 1.82) is 0 Å². The van der Waals surface area contributed by atoms with Gasteiger partial charge in [0.1, 0.15) is 11.4 Å². The highest BCUT2D eigenvalue weighted by atomic mass is 16.6. The van der Waals surface area contributed by atoms with E-state index in [4.69, 9.17) is 9.84 Å². The number of pyridine rings is 1. The fraction of sp³-hybridized carbons (Fsp3) is 0.222. The first kappa shape index (κ1) is 11.0. The molecule has 0 aromatic carbocycles. The van der Waals surface area contributed by atoms with Crippen molar-refractivity contribution in [3.8, 4) is 5.75 Å². The number of carboxylic acid groups (broad SMARTS) is 1. The van der Waals surface area contributed by atoms with Crippen molar-refractivity contribution in [2.45, 2.75) is 0 Å². The zero-order valence-electron chi connectivity index (χ0n) is 7.97. The third-order valence-electron chi connectivity index (χ3n) is 1.54. The minimum atomic E-state index is -1.12. The van der Waals surface area contributed by atoms with Crippen LogP contribution in [0.4, 0.5) is 0 Å². The van der Waals surface area contributed by atoms with Gasteiger partial charge in [0.05, 0.1) is 13.3 Å². The Morgan fingerprint density at radius 2 is 2.20 bits per heavy atom. The lowest BCUT2D eigenvalue weighted by Crippen LogP contribution is -2.12. The molecular weight excluding hydrogens is 202 g/mol. The Bertz CT molecular complexity index is 359.